The van der Waals surface area contributed by atoms with E-state index in [0.717, 1.165) is 16.6 Å². The zero-order chi connectivity index (χ0) is 19.7. The molecule has 27 heavy (non-hydrogen) atoms. The fourth-order valence-corrected chi connectivity index (χ4v) is 2.59. The van der Waals surface area contributed by atoms with Crippen LogP contribution < -0.4 is 15.2 Å². The van der Waals surface area contributed by atoms with Crippen molar-refractivity contribution in [1.82, 2.24) is 5.43 Å². The summed E-state index contributed by atoms with van der Waals surface area (Å²) in [5.41, 5.74) is 3.30. The average Bonchev–Trinajstić information content (AvgIpc) is 2.91. The van der Waals surface area contributed by atoms with Crippen molar-refractivity contribution in [2.45, 2.75) is 6.92 Å². The molecule has 9 heteroatoms. The van der Waals surface area contributed by atoms with Crippen LogP contribution in [0, 0.1) is 17.0 Å². The first-order chi connectivity index (χ1) is 12.8. The molecule has 1 heterocycles. The van der Waals surface area contributed by atoms with Gasteiger partial charge in [-0.05, 0) is 36.8 Å². The summed E-state index contributed by atoms with van der Waals surface area (Å²) < 4.78 is 4.92. The van der Waals surface area contributed by atoms with Gasteiger partial charge in [-0.1, -0.05) is 17.7 Å². The third-order valence-corrected chi connectivity index (χ3v) is 3.99. The number of nitro benzene ring substituents is 1. The second kappa shape index (κ2) is 6.79. The van der Waals surface area contributed by atoms with Crippen LogP contribution in [0.1, 0.15) is 11.1 Å². The lowest BCUT2D eigenvalue weighted by atomic mass is 10.1. The highest BCUT2D eigenvalue weighted by molar-refractivity contribution is 6.31. The number of hydrogen-bond acceptors (Lipinski definition) is 6. The molecule has 0 saturated carbocycles. The maximum Gasteiger partial charge on any atom is 0.315 e. The SMILES string of the molecule is COc1cc(/C=C2\C(=O)NN(c3ccc(C)cc3)C2=O)cc([N+](=O)[O-])c1O. The summed E-state index contributed by atoms with van der Waals surface area (Å²) in [5.74, 6) is -2.01. The molecule has 0 unspecified atom stereocenters. The summed E-state index contributed by atoms with van der Waals surface area (Å²) in [6.45, 7) is 1.89. The number of hydrogen-bond donors (Lipinski definition) is 2. The molecule has 0 aromatic heterocycles. The van der Waals surface area contributed by atoms with Crippen molar-refractivity contribution in [3.8, 4) is 11.5 Å². The molecular weight excluding hydrogens is 354 g/mol. The van der Waals surface area contributed by atoms with Crippen LogP contribution in [0.3, 0.4) is 0 Å². The molecule has 0 radical (unpaired) electrons. The maximum absolute atomic E-state index is 12.6. The number of nitrogens with zero attached hydrogens (tertiary/aromatic N) is 2. The number of hydrazine groups is 1. The monoisotopic (exact) mass is 369 g/mol. The van der Waals surface area contributed by atoms with Gasteiger partial charge in [0.05, 0.1) is 17.7 Å². The Kier molecular flexibility index (Phi) is 4.51. The van der Waals surface area contributed by atoms with E-state index < -0.39 is 28.2 Å². The molecule has 2 aromatic rings. The van der Waals surface area contributed by atoms with Gasteiger partial charge in [-0.2, -0.15) is 0 Å². The average molecular weight is 369 g/mol. The molecular formula is C18H15N3O6. The minimum atomic E-state index is -0.783. The third-order valence-electron chi connectivity index (χ3n) is 3.99. The Morgan fingerprint density at radius 1 is 1.22 bits per heavy atom. The van der Waals surface area contributed by atoms with Crippen LogP contribution in [-0.2, 0) is 9.59 Å². The van der Waals surface area contributed by atoms with Crippen molar-refractivity contribution >= 4 is 29.3 Å². The van der Waals surface area contributed by atoms with E-state index in [0.29, 0.717) is 5.69 Å². The van der Waals surface area contributed by atoms with Crippen molar-refractivity contribution < 1.29 is 24.4 Å². The molecule has 2 aromatic carbocycles. The number of carbonyl (C=O) groups is 2. The number of anilines is 1. The standard InChI is InChI=1S/C18H15N3O6/c1-10-3-5-12(6-4-10)20-18(24)13(17(23)19-20)7-11-8-14(21(25)26)16(22)15(9-11)27-2/h3-9,22H,1-2H3,(H,19,23)/b13-7+. The number of methoxy groups -OCH3 is 1. The number of amides is 2. The highest BCUT2D eigenvalue weighted by Crippen LogP contribution is 2.37. The summed E-state index contributed by atoms with van der Waals surface area (Å²) in [6, 6.07) is 9.31. The van der Waals surface area contributed by atoms with Gasteiger partial charge in [-0.15, -0.1) is 0 Å². The van der Waals surface area contributed by atoms with Gasteiger partial charge >= 0.3 is 5.69 Å². The van der Waals surface area contributed by atoms with E-state index in [4.69, 9.17) is 4.74 Å². The fraction of sp³-hybridized carbons (Fsp3) is 0.111. The summed E-state index contributed by atoms with van der Waals surface area (Å²) in [5, 5.41) is 22.0. The van der Waals surface area contributed by atoms with Crippen molar-refractivity contribution in [1.29, 1.82) is 0 Å². The number of rotatable bonds is 4. The number of aryl methyl sites for hydroxylation is 1. The second-order valence-electron chi connectivity index (χ2n) is 5.82. The Bertz CT molecular complexity index is 981. The van der Waals surface area contributed by atoms with Crippen LogP contribution in [0.2, 0.25) is 0 Å². The van der Waals surface area contributed by atoms with E-state index in [2.05, 4.69) is 5.43 Å². The Hall–Kier alpha value is -3.88. The molecule has 3 rings (SSSR count). The molecule has 2 N–H and O–H groups in total. The van der Waals surface area contributed by atoms with Gasteiger partial charge in [0, 0.05) is 6.07 Å². The first kappa shape index (κ1) is 17.9. The molecule has 1 fully saturated rings. The number of aromatic hydroxyl groups is 1. The Morgan fingerprint density at radius 2 is 1.89 bits per heavy atom. The van der Waals surface area contributed by atoms with Crippen LogP contribution in [0.15, 0.2) is 42.0 Å². The van der Waals surface area contributed by atoms with E-state index in [-0.39, 0.29) is 16.9 Å². The van der Waals surface area contributed by atoms with Gasteiger partial charge in [-0.25, -0.2) is 5.01 Å². The molecule has 2 amide bonds. The van der Waals surface area contributed by atoms with Crippen LogP contribution in [0.4, 0.5) is 11.4 Å². The number of nitrogens with one attached hydrogen (secondary N) is 1. The molecule has 0 spiro atoms. The highest BCUT2D eigenvalue weighted by Gasteiger charge is 2.34. The third kappa shape index (κ3) is 3.30. The predicted octanol–water partition coefficient (Wildman–Crippen LogP) is 2.08. The molecule has 0 bridgehead atoms. The Morgan fingerprint density at radius 3 is 2.48 bits per heavy atom. The molecule has 138 valence electrons. The number of phenols is 1. The minimum Gasteiger partial charge on any atom is -0.500 e. The van der Waals surface area contributed by atoms with Gasteiger partial charge in [-0.3, -0.25) is 25.1 Å². The van der Waals surface area contributed by atoms with Gasteiger partial charge in [0.2, 0.25) is 5.75 Å². The van der Waals surface area contributed by atoms with Crippen molar-refractivity contribution in [2.75, 3.05) is 12.1 Å². The van der Waals surface area contributed by atoms with Crippen LogP contribution in [0.5, 0.6) is 11.5 Å². The van der Waals surface area contributed by atoms with Gasteiger partial charge in [0.25, 0.3) is 11.8 Å². The normalized spacial score (nSPS) is 15.2. The smallest absolute Gasteiger partial charge is 0.315 e. The first-order valence-electron chi connectivity index (χ1n) is 7.81. The lowest BCUT2D eigenvalue weighted by molar-refractivity contribution is -0.386. The lowest BCUT2D eigenvalue weighted by Crippen LogP contribution is -2.35. The number of benzene rings is 2. The number of ether oxygens (including phenoxy) is 1. The van der Waals surface area contributed by atoms with Gasteiger partial charge in [0.1, 0.15) is 5.57 Å². The zero-order valence-corrected chi connectivity index (χ0v) is 14.4. The fourth-order valence-electron chi connectivity index (χ4n) is 2.59. The molecule has 9 nitrogen and oxygen atoms in total. The van der Waals surface area contributed by atoms with Crippen LogP contribution in [-0.4, -0.2) is 29.0 Å². The predicted molar refractivity (Wildman–Crippen MR) is 96.1 cm³/mol. The Balaban J connectivity index is 2.01. The summed E-state index contributed by atoms with van der Waals surface area (Å²) >= 11 is 0. The highest BCUT2D eigenvalue weighted by atomic mass is 16.6. The van der Waals surface area contributed by atoms with E-state index in [1.54, 1.807) is 24.3 Å². The molecule has 0 atom stereocenters. The van der Waals surface area contributed by atoms with Crippen LogP contribution >= 0.6 is 0 Å². The number of carbonyl (C=O) groups excluding carboxylic acids is 2. The zero-order valence-electron chi connectivity index (χ0n) is 14.4. The second-order valence-corrected chi connectivity index (χ2v) is 5.82. The Labute approximate surface area is 153 Å². The summed E-state index contributed by atoms with van der Waals surface area (Å²) in [4.78, 5) is 35.1. The molecule has 1 saturated heterocycles. The van der Waals surface area contributed by atoms with E-state index >= 15 is 0 Å². The van der Waals surface area contributed by atoms with E-state index in [1.165, 1.54) is 19.3 Å². The summed E-state index contributed by atoms with van der Waals surface area (Å²) in [7, 11) is 1.24. The van der Waals surface area contributed by atoms with E-state index in [9.17, 15) is 24.8 Å². The molecule has 0 aliphatic carbocycles. The quantitative estimate of drug-likeness (QED) is 0.368. The number of phenolic OH excluding ortho intramolecular Hbond substituents is 1. The van der Waals surface area contributed by atoms with Crippen molar-refractivity contribution in [3.63, 3.8) is 0 Å². The van der Waals surface area contributed by atoms with E-state index in [1.807, 2.05) is 6.92 Å². The lowest BCUT2D eigenvalue weighted by Gasteiger charge is -2.14. The topological polar surface area (TPSA) is 122 Å². The summed E-state index contributed by atoms with van der Waals surface area (Å²) in [6.07, 6.45) is 1.21. The van der Waals surface area contributed by atoms with Crippen molar-refractivity contribution in [3.05, 3.63) is 63.2 Å². The minimum absolute atomic E-state index is 0.141. The molecule has 1 aliphatic rings. The first-order valence-corrected chi connectivity index (χ1v) is 7.81. The largest absolute Gasteiger partial charge is 0.500 e. The molecule has 1 aliphatic heterocycles. The van der Waals surface area contributed by atoms with Crippen molar-refractivity contribution in [2.24, 2.45) is 0 Å². The van der Waals surface area contributed by atoms with Gasteiger partial charge in [0.15, 0.2) is 5.75 Å². The maximum atomic E-state index is 12.6. The number of nitro groups is 1. The van der Waals surface area contributed by atoms with Crippen LogP contribution in [0.25, 0.3) is 6.08 Å². The van der Waals surface area contributed by atoms with Gasteiger partial charge < -0.3 is 9.84 Å².